The fraction of sp³-hybridized carbons (Fsp3) is 0.250. The second kappa shape index (κ2) is 5.29. The molecule has 2 N–H and O–H groups in total. The molecular formula is C16H15FN2O3. The standard InChI is InChI=1S/C16H15FN2O3/c17-16(15(21)22)8-9-19(10-16)14(20)13-7-6-12(18-13)11-4-2-1-3-5-11/h1-7,18H,8-10H2,(H,21,22). The Morgan fingerprint density at radius 3 is 2.55 bits per heavy atom. The van der Waals surface area contributed by atoms with Gasteiger partial charge in [-0.2, -0.15) is 0 Å². The van der Waals surface area contributed by atoms with Gasteiger partial charge < -0.3 is 15.0 Å². The highest BCUT2D eigenvalue weighted by molar-refractivity contribution is 5.94. The van der Waals surface area contributed by atoms with Crippen molar-refractivity contribution in [2.75, 3.05) is 13.1 Å². The summed E-state index contributed by atoms with van der Waals surface area (Å²) in [5.74, 6) is -1.90. The summed E-state index contributed by atoms with van der Waals surface area (Å²) in [4.78, 5) is 27.5. The number of nitrogens with zero attached hydrogens (tertiary/aromatic N) is 1. The van der Waals surface area contributed by atoms with Crippen molar-refractivity contribution in [2.24, 2.45) is 0 Å². The van der Waals surface area contributed by atoms with Crippen LogP contribution in [0.1, 0.15) is 16.9 Å². The van der Waals surface area contributed by atoms with Crippen LogP contribution in [-0.2, 0) is 4.79 Å². The van der Waals surface area contributed by atoms with Crippen molar-refractivity contribution in [3.8, 4) is 11.3 Å². The Kier molecular flexibility index (Phi) is 3.44. The molecule has 1 aromatic carbocycles. The van der Waals surface area contributed by atoms with Crippen LogP contribution < -0.4 is 0 Å². The van der Waals surface area contributed by atoms with Gasteiger partial charge in [0, 0.05) is 18.7 Å². The molecule has 0 spiro atoms. The molecule has 2 aromatic rings. The number of halogens is 1. The molecule has 1 fully saturated rings. The topological polar surface area (TPSA) is 73.4 Å². The highest BCUT2D eigenvalue weighted by Gasteiger charge is 2.47. The van der Waals surface area contributed by atoms with Crippen LogP contribution in [-0.4, -0.2) is 45.6 Å². The van der Waals surface area contributed by atoms with E-state index in [9.17, 15) is 14.0 Å². The summed E-state index contributed by atoms with van der Waals surface area (Å²) < 4.78 is 14.0. The summed E-state index contributed by atoms with van der Waals surface area (Å²) in [5, 5.41) is 8.87. The van der Waals surface area contributed by atoms with Gasteiger partial charge in [0.05, 0.1) is 6.54 Å². The van der Waals surface area contributed by atoms with Gasteiger partial charge in [0.2, 0.25) is 5.67 Å². The molecule has 0 saturated carbocycles. The van der Waals surface area contributed by atoms with Gasteiger partial charge in [-0.25, -0.2) is 9.18 Å². The quantitative estimate of drug-likeness (QED) is 0.914. The molecule has 114 valence electrons. The van der Waals surface area contributed by atoms with Gasteiger partial charge in [-0.05, 0) is 17.7 Å². The summed E-state index contributed by atoms with van der Waals surface area (Å²) in [6, 6.07) is 12.9. The number of likely N-dealkylation sites (tertiary alicyclic amines) is 1. The third-order valence-electron chi connectivity index (χ3n) is 3.89. The molecule has 3 rings (SSSR count). The van der Waals surface area contributed by atoms with Crippen LogP contribution >= 0.6 is 0 Å². The first kappa shape index (κ1) is 14.3. The zero-order valence-corrected chi connectivity index (χ0v) is 11.8. The summed E-state index contributed by atoms with van der Waals surface area (Å²) in [6.45, 7) is -0.317. The van der Waals surface area contributed by atoms with Gasteiger partial charge in [-0.15, -0.1) is 0 Å². The summed E-state index contributed by atoms with van der Waals surface area (Å²) in [5.41, 5.74) is -0.292. The largest absolute Gasteiger partial charge is 0.479 e. The van der Waals surface area contributed by atoms with Crippen LogP contribution in [0.5, 0.6) is 0 Å². The highest BCUT2D eigenvalue weighted by atomic mass is 19.1. The van der Waals surface area contributed by atoms with E-state index in [1.807, 2.05) is 30.3 Å². The number of rotatable bonds is 3. The lowest BCUT2D eigenvalue weighted by Gasteiger charge is -2.17. The first-order valence-corrected chi connectivity index (χ1v) is 6.96. The SMILES string of the molecule is O=C(c1ccc(-c2ccccc2)[nH]1)N1CCC(F)(C(=O)O)C1. The Balaban J connectivity index is 1.77. The number of aromatic amines is 1. The smallest absolute Gasteiger partial charge is 0.343 e. The second-order valence-corrected chi connectivity index (χ2v) is 5.40. The second-order valence-electron chi connectivity index (χ2n) is 5.40. The number of carboxylic acids is 1. The van der Waals surface area contributed by atoms with Gasteiger partial charge >= 0.3 is 5.97 Å². The number of aliphatic carboxylic acids is 1. The van der Waals surface area contributed by atoms with Crippen LogP contribution in [0, 0.1) is 0 Å². The van der Waals surface area contributed by atoms with E-state index in [1.54, 1.807) is 12.1 Å². The average molecular weight is 302 g/mol. The van der Waals surface area contributed by atoms with Crippen molar-refractivity contribution in [2.45, 2.75) is 12.1 Å². The van der Waals surface area contributed by atoms with Crippen molar-refractivity contribution in [3.05, 3.63) is 48.2 Å². The van der Waals surface area contributed by atoms with Crippen molar-refractivity contribution >= 4 is 11.9 Å². The minimum Gasteiger partial charge on any atom is -0.479 e. The Labute approximate surface area is 126 Å². The van der Waals surface area contributed by atoms with Crippen molar-refractivity contribution in [1.29, 1.82) is 0 Å². The summed E-state index contributed by atoms with van der Waals surface area (Å²) in [6.07, 6.45) is -0.180. The fourth-order valence-electron chi connectivity index (χ4n) is 2.60. The number of carbonyl (C=O) groups is 2. The number of hydrogen-bond acceptors (Lipinski definition) is 2. The zero-order chi connectivity index (χ0) is 15.7. The molecule has 6 heteroatoms. The number of hydrogen-bond donors (Lipinski definition) is 2. The molecule has 0 aliphatic carbocycles. The number of aromatic nitrogens is 1. The lowest BCUT2D eigenvalue weighted by molar-refractivity contribution is -0.149. The summed E-state index contributed by atoms with van der Waals surface area (Å²) in [7, 11) is 0. The van der Waals surface area contributed by atoms with Crippen molar-refractivity contribution < 1.29 is 19.1 Å². The molecule has 1 aromatic heterocycles. The van der Waals surface area contributed by atoms with E-state index >= 15 is 0 Å². The normalized spacial score (nSPS) is 21.0. The molecule has 1 aliphatic rings. The molecular weight excluding hydrogens is 287 g/mol. The number of benzene rings is 1. The first-order valence-electron chi connectivity index (χ1n) is 6.96. The Morgan fingerprint density at radius 1 is 1.18 bits per heavy atom. The molecule has 1 amide bonds. The van der Waals surface area contributed by atoms with Crippen LogP contribution in [0.3, 0.4) is 0 Å². The number of carbonyl (C=O) groups excluding carboxylic acids is 1. The number of H-pyrrole nitrogens is 1. The Hall–Kier alpha value is -2.63. The minimum atomic E-state index is -2.34. The number of carboxylic acid groups (broad SMARTS) is 1. The number of amides is 1. The maximum Gasteiger partial charge on any atom is 0.343 e. The zero-order valence-electron chi connectivity index (χ0n) is 11.8. The lowest BCUT2D eigenvalue weighted by Crippen LogP contribution is -2.39. The van der Waals surface area contributed by atoms with E-state index in [-0.39, 0.29) is 18.9 Å². The van der Waals surface area contributed by atoms with Gasteiger partial charge in [0.15, 0.2) is 0 Å². The van der Waals surface area contributed by atoms with Crippen molar-refractivity contribution in [1.82, 2.24) is 9.88 Å². The van der Waals surface area contributed by atoms with E-state index in [4.69, 9.17) is 5.11 Å². The molecule has 0 bridgehead atoms. The van der Waals surface area contributed by atoms with E-state index in [2.05, 4.69) is 4.98 Å². The molecule has 1 aliphatic heterocycles. The van der Waals surface area contributed by atoms with E-state index in [0.29, 0.717) is 5.69 Å². The third-order valence-corrected chi connectivity index (χ3v) is 3.89. The first-order chi connectivity index (χ1) is 10.5. The molecule has 2 heterocycles. The average Bonchev–Trinajstić information content (AvgIpc) is 3.15. The Bertz CT molecular complexity index is 713. The van der Waals surface area contributed by atoms with Crippen LogP contribution in [0.15, 0.2) is 42.5 Å². The Morgan fingerprint density at radius 2 is 1.91 bits per heavy atom. The highest BCUT2D eigenvalue weighted by Crippen LogP contribution is 2.27. The monoisotopic (exact) mass is 302 g/mol. The third kappa shape index (κ3) is 2.47. The van der Waals surface area contributed by atoms with E-state index in [0.717, 1.165) is 11.3 Å². The molecule has 5 nitrogen and oxygen atoms in total. The molecule has 1 saturated heterocycles. The van der Waals surface area contributed by atoms with Gasteiger partial charge in [0.1, 0.15) is 5.69 Å². The molecule has 0 radical (unpaired) electrons. The van der Waals surface area contributed by atoms with E-state index in [1.165, 1.54) is 4.90 Å². The summed E-state index contributed by atoms with van der Waals surface area (Å²) >= 11 is 0. The van der Waals surface area contributed by atoms with Gasteiger partial charge in [-0.1, -0.05) is 30.3 Å². The van der Waals surface area contributed by atoms with Crippen LogP contribution in [0.25, 0.3) is 11.3 Å². The maximum atomic E-state index is 14.0. The predicted molar refractivity (Wildman–Crippen MR) is 78.2 cm³/mol. The predicted octanol–water partition coefficient (Wildman–Crippen LogP) is 2.32. The van der Waals surface area contributed by atoms with Gasteiger partial charge in [-0.3, -0.25) is 4.79 Å². The van der Waals surface area contributed by atoms with Crippen LogP contribution in [0.4, 0.5) is 4.39 Å². The maximum absolute atomic E-state index is 14.0. The number of nitrogens with one attached hydrogen (secondary N) is 1. The van der Waals surface area contributed by atoms with Crippen molar-refractivity contribution in [3.63, 3.8) is 0 Å². The molecule has 1 atom stereocenters. The molecule has 1 unspecified atom stereocenters. The van der Waals surface area contributed by atoms with Crippen LogP contribution in [0.2, 0.25) is 0 Å². The van der Waals surface area contributed by atoms with Gasteiger partial charge in [0.25, 0.3) is 5.91 Å². The minimum absolute atomic E-state index is 0.0985. The fourth-order valence-corrected chi connectivity index (χ4v) is 2.60. The lowest BCUT2D eigenvalue weighted by atomic mass is 10.1. The number of alkyl halides is 1. The van der Waals surface area contributed by atoms with E-state index < -0.39 is 18.2 Å². The molecule has 22 heavy (non-hydrogen) atoms.